The van der Waals surface area contributed by atoms with E-state index in [1.165, 1.54) is 0 Å². The summed E-state index contributed by atoms with van der Waals surface area (Å²) in [6, 6.07) is 7.18. The Kier molecular flexibility index (Phi) is 5.37. The number of carbonyl (C=O) groups excluding carboxylic acids is 1. The lowest BCUT2D eigenvalue weighted by atomic mass is 9.83. The second kappa shape index (κ2) is 7.56. The van der Waals surface area contributed by atoms with Crippen molar-refractivity contribution >= 4 is 5.91 Å². The molecule has 1 fully saturated rings. The molecular weight excluding hydrogens is 344 g/mol. The van der Waals surface area contributed by atoms with Crippen molar-refractivity contribution in [3.63, 3.8) is 0 Å². The van der Waals surface area contributed by atoms with Crippen molar-refractivity contribution in [2.45, 2.75) is 26.2 Å². The van der Waals surface area contributed by atoms with Gasteiger partial charge in [-0.3, -0.25) is 9.59 Å². The van der Waals surface area contributed by atoms with Crippen molar-refractivity contribution in [3.8, 4) is 16.9 Å². The van der Waals surface area contributed by atoms with Crippen molar-refractivity contribution in [3.05, 3.63) is 51.9 Å². The van der Waals surface area contributed by atoms with Gasteiger partial charge in [-0.05, 0) is 29.7 Å². The summed E-state index contributed by atoms with van der Waals surface area (Å²) in [6.45, 7) is 8.34. The van der Waals surface area contributed by atoms with Gasteiger partial charge in [0.2, 0.25) is 0 Å². The lowest BCUT2D eigenvalue weighted by Crippen LogP contribution is -2.41. The SMILES string of the molecule is COc1cc(C(=O)N2CCOCC2)c(-c2ccc[nH]c2=O)cc1C(C)(C)C. The molecule has 0 radical (unpaired) electrons. The number of carbonyl (C=O) groups is 1. The Labute approximate surface area is 159 Å². The highest BCUT2D eigenvalue weighted by atomic mass is 16.5. The minimum atomic E-state index is -0.224. The molecule has 144 valence electrons. The monoisotopic (exact) mass is 370 g/mol. The fourth-order valence-corrected chi connectivity index (χ4v) is 3.31. The van der Waals surface area contributed by atoms with Crippen molar-refractivity contribution in [2.75, 3.05) is 33.4 Å². The summed E-state index contributed by atoms with van der Waals surface area (Å²) in [7, 11) is 1.60. The van der Waals surface area contributed by atoms with Gasteiger partial charge in [-0.2, -0.15) is 0 Å². The minimum absolute atomic E-state index is 0.115. The summed E-state index contributed by atoms with van der Waals surface area (Å²) in [5.41, 5.74) is 2.09. The molecule has 1 saturated heterocycles. The fourth-order valence-electron chi connectivity index (χ4n) is 3.31. The summed E-state index contributed by atoms with van der Waals surface area (Å²) in [5, 5.41) is 0. The molecule has 0 atom stereocenters. The molecule has 1 aliphatic heterocycles. The van der Waals surface area contributed by atoms with Gasteiger partial charge in [0.25, 0.3) is 11.5 Å². The molecule has 0 aliphatic carbocycles. The first kappa shape index (κ1) is 19.2. The maximum Gasteiger partial charge on any atom is 0.255 e. The molecule has 1 aromatic heterocycles. The van der Waals surface area contributed by atoms with Crippen LogP contribution in [0.5, 0.6) is 5.75 Å². The maximum atomic E-state index is 13.2. The van der Waals surface area contributed by atoms with Crippen LogP contribution in [0.2, 0.25) is 0 Å². The summed E-state index contributed by atoms with van der Waals surface area (Å²) >= 11 is 0. The molecule has 2 heterocycles. The average molecular weight is 370 g/mol. The van der Waals surface area contributed by atoms with E-state index in [-0.39, 0.29) is 16.9 Å². The minimum Gasteiger partial charge on any atom is -0.496 e. The number of hydrogen-bond donors (Lipinski definition) is 1. The van der Waals surface area contributed by atoms with Gasteiger partial charge in [-0.25, -0.2) is 0 Å². The molecular formula is C21H26N2O4. The van der Waals surface area contributed by atoms with E-state index in [2.05, 4.69) is 25.8 Å². The van der Waals surface area contributed by atoms with Crippen LogP contribution >= 0.6 is 0 Å². The second-order valence-corrected chi connectivity index (χ2v) is 7.67. The zero-order chi connectivity index (χ0) is 19.6. The van der Waals surface area contributed by atoms with Crippen LogP contribution < -0.4 is 10.3 Å². The van der Waals surface area contributed by atoms with E-state index in [4.69, 9.17) is 9.47 Å². The van der Waals surface area contributed by atoms with Crippen LogP contribution in [0, 0.1) is 0 Å². The number of benzene rings is 1. The van der Waals surface area contributed by atoms with Crippen LogP contribution in [0.15, 0.2) is 35.3 Å². The van der Waals surface area contributed by atoms with E-state index in [9.17, 15) is 9.59 Å². The van der Waals surface area contributed by atoms with Crippen LogP contribution in [0.25, 0.3) is 11.1 Å². The van der Waals surface area contributed by atoms with Gasteiger partial charge in [-0.15, -0.1) is 0 Å². The van der Waals surface area contributed by atoms with E-state index in [0.717, 1.165) is 5.56 Å². The van der Waals surface area contributed by atoms with Crippen LogP contribution in [-0.4, -0.2) is 49.2 Å². The highest BCUT2D eigenvalue weighted by Crippen LogP contribution is 2.37. The Bertz CT molecular complexity index is 890. The van der Waals surface area contributed by atoms with Crippen molar-refractivity contribution in [1.82, 2.24) is 9.88 Å². The number of rotatable bonds is 3. The van der Waals surface area contributed by atoms with Gasteiger partial charge >= 0.3 is 0 Å². The number of aromatic amines is 1. The Balaban J connectivity index is 2.22. The second-order valence-electron chi connectivity index (χ2n) is 7.67. The molecule has 6 nitrogen and oxygen atoms in total. The molecule has 0 bridgehead atoms. The number of amides is 1. The molecule has 6 heteroatoms. The molecule has 3 rings (SSSR count). The lowest BCUT2D eigenvalue weighted by molar-refractivity contribution is 0.0303. The Morgan fingerprint density at radius 1 is 1.19 bits per heavy atom. The number of morpholine rings is 1. The predicted octanol–water partition coefficient (Wildman–Crippen LogP) is 2.82. The predicted molar refractivity (Wildman–Crippen MR) is 104 cm³/mol. The number of nitrogens with zero attached hydrogens (tertiary/aromatic N) is 1. The number of methoxy groups -OCH3 is 1. The Hall–Kier alpha value is -2.60. The summed E-state index contributed by atoms with van der Waals surface area (Å²) < 4.78 is 10.9. The fraction of sp³-hybridized carbons (Fsp3) is 0.429. The smallest absolute Gasteiger partial charge is 0.255 e. The number of hydrogen-bond acceptors (Lipinski definition) is 4. The molecule has 0 unspecified atom stereocenters. The van der Waals surface area contributed by atoms with Crippen molar-refractivity contribution < 1.29 is 14.3 Å². The van der Waals surface area contributed by atoms with E-state index < -0.39 is 0 Å². The van der Waals surface area contributed by atoms with E-state index >= 15 is 0 Å². The normalized spacial score (nSPS) is 14.9. The van der Waals surface area contributed by atoms with Crippen LogP contribution in [0.1, 0.15) is 36.7 Å². The van der Waals surface area contributed by atoms with Crippen LogP contribution in [-0.2, 0) is 10.2 Å². The van der Waals surface area contributed by atoms with Gasteiger partial charge in [0.1, 0.15) is 5.75 Å². The number of pyridine rings is 1. The highest BCUT2D eigenvalue weighted by molar-refractivity contribution is 6.01. The standard InChI is InChI=1S/C21H26N2O4/c1-21(2,3)17-12-15(14-6-5-7-22-19(14)24)16(13-18(17)26-4)20(25)23-8-10-27-11-9-23/h5-7,12-13H,8-11H2,1-4H3,(H,22,24). The molecule has 0 spiro atoms. The number of ether oxygens (including phenoxy) is 2. The largest absolute Gasteiger partial charge is 0.496 e. The summed E-state index contributed by atoms with van der Waals surface area (Å²) in [4.78, 5) is 30.2. The van der Waals surface area contributed by atoms with Crippen molar-refractivity contribution in [1.29, 1.82) is 0 Å². The first-order chi connectivity index (χ1) is 12.8. The maximum absolute atomic E-state index is 13.2. The topological polar surface area (TPSA) is 71.6 Å². The summed E-state index contributed by atoms with van der Waals surface area (Å²) in [5.74, 6) is 0.533. The number of nitrogens with one attached hydrogen (secondary N) is 1. The van der Waals surface area contributed by atoms with Crippen LogP contribution in [0.3, 0.4) is 0 Å². The quantitative estimate of drug-likeness (QED) is 0.902. The van der Waals surface area contributed by atoms with Gasteiger partial charge < -0.3 is 19.4 Å². The van der Waals surface area contributed by atoms with E-state index in [1.54, 1.807) is 36.4 Å². The molecule has 1 aliphatic rings. The third-order valence-corrected chi connectivity index (χ3v) is 4.78. The zero-order valence-electron chi connectivity index (χ0n) is 16.3. The molecule has 2 aromatic rings. The first-order valence-electron chi connectivity index (χ1n) is 9.10. The van der Waals surface area contributed by atoms with E-state index in [0.29, 0.717) is 48.7 Å². The van der Waals surface area contributed by atoms with Gasteiger partial charge in [0.05, 0.1) is 25.9 Å². The Morgan fingerprint density at radius 3 is 2.48 bits per heavy atom. The third-order valence-electron chi connectivity index (χ3n) is 4.78. The molecule has 0 saturated carbocycles. The zero-order valence-corrected chi connectivity index (χ0v) is 16.3. The molecule has 1 aromatic carbocycles. The molecule has 27 heavy (non-hydrogen) atoms. The number of aromatic nitrogens is 1. The highest BCUT2D eigenvalue weighted by Gasteiger charge is 2.27. The average Bonchev–Trinajstić information content (AvgIpc) is 2.67. The first-order valence-corrected chi connectivity index (χ1v) is 9.10. The Morgan fingerprint density at radius 2 is 1.89 bits per heavy atom. The summed E-state index contributed by atoms with van der Waals surface area (Å²) in [6.07, 6.45) is 1.59. The van der Waals surface area contributed by atoms with E-state index in [1.807, 2.05) is 6.07 Å². The lowest BCUT2D eigenvalue weighted by Gasteiger charge is -2.29. The van der Waals surface area contributed by atoms with Gasteiger partial charge in [-0.1, -0.05) is 20.8 Å². The molecule has 1 amide bonds. The van der Waals surface area contributed by atoms with Gasteiger partial charge in [0.15, 0.2) is 0 Å². The number of H-pyrrole nitrogens is 1. The molecule has 1 N–H and O–H groups in total. The third kappa shape index (κ3) is 3.90. The van der Waals surface area contributed by atoms with Crippen LogP contribution in [0.4, 0.5) is 0 Å². The van der Waals surface area contributed by atoms with Gasteiger partial charge in [0, 0.05) is 36.0 Å². The van der Waals surface area contributed by atoms with Crippen molar-refractivity contribution in [2.24, 2.45) is 0 Å².